The fraction of sp³-hybridized carbons (Fsp3) is 0.438. The number of hydrogen-bond donors (Lipinski definition) is 3. The van der Waals surface area contributed by atoms with Crippen LogP contribution in [0.4, 0.5) is 5.69 Å². The minimum Gasteiger partial charge on any atom is -0.324 e. The molecule has 0 spiro atoms. The monoisotopic (exact) mass is 299 g/mol. The van der Waals surface area contributed by atoms with Crippen molar-refractivity contribution in [2.45, 2.75) is 32.2 Å². The van der Waals surface area contributed by atoms with E-state index in [4.69, 9.17) is 0 Å². The first-order valence-corrected chi connectivity index (χ1v) is 7.86. The number of hydrogen-bond acceptors (Lipinski definition) is 5. The lowest BCUT2D eigenvalue weighted by Gasteiger charge is -2.36. The highest BCUT2D eigenvalue weighted by atomic mass is 16.2. The van der Waals surface area contributed by atoms with Crippen molar-refractivity contribution >= 4 is 11.6 Å². The Labute approximate surface area is 130 Å². The summed E-state index contributed by atoms with van der Waals surface area (Å²) in [5.74, 6) is 0.00392. The minimum absolute atomic E-state index is 0.00392. The Hall–Kier alpha value is -1.89. The number of fused-ring (bicyclic) bond motifs is 1. The van der Waals surface area contributed by atoms with Crippen LogP contribution in [-0.4, -0.2) is 36.4 Å². The molecule has 0 bridgehead atoms. The highest BCUT2D eigenvalue weighted by Gasteiger charge is 2.38. The predicted molar refractivity (Wildman–Crippen MR) is 84.5 cm³/mol. The van der Waals surface area contributed by atoms with E-state index in [1.54, 1.807) is 0 Å². The Morgan fingerprint density at radius 1 is 1.18 bits per heavy atom. The molecule has 0 saturated carbocycles. The molecule has 2 saturated heterocycles. The van der Waals surface area contributed by atoms with E-state index in [0.717, 1.165) is 24.4 Å². The van der Waals surface area contributed by atoms with Crippen LogP contribution >= 0.6 is 0 Å². The van der Waals surface area contributed by atoms with E-state index in [-0.39, 0.29) is 18.4 Å². The Bertz CT molecular complexity index is 623. The number of carbonyl (C=O) groups excluding carboxylic acids is 1. The lowest BCUT2D eigenvalue weighted by Crippen LogP contribution is -2.66. The summed E-state index contributed by atoms with van der Waals surface area (Å²) in [6.45, 7) is 4.13. The number of rotatable bonds is 2. The van der Waals surface area contributed by atoms with Gasteiger partial charge in [0.1, 0.15) is 12.5 Å². The molecule has 1 amide bonds. The maximum atomic E-state index is 12.4. The SMILES string of the molecule is Cc1ccccc1N1C=C2C(=O)NC(N3CCCC3)NC2N1. The third kappa shape index (κ3) is 2.29. The number of benzene rings is 1. The summed E-state index contributed by atoms with van der Waals surface area (Å²) in [5, 5.41) is 8.48. The topological polar surface area (TPSA) is 59.6 Å². The van der Waals surface area contributed by atoms with Crippen molar-refractivity contribution in [1.29, 1.82) is 0 Å². The van der Waals surface area contributed by atoms with Gasteiger partial charge < -0.3 is 5.32 Å². The fourth-order valence-electron chi connectivity index (χ4n) is 3.35. The molecule has 3 aliphatic rings. The summed E-state index contributed by atoms with van der Waals surface area (Å²) in [6, 6.07) is 8.14. The number of nitrogens with zero attached hydrogens (tertiary/aromatic N) is 2. The number of nitrogens with one attached hydrogen (secondary N) is 3. The van der Waals surface area contributed by atoms with Crippen molar-refractivity contribution in [3.63, 3.8) is 0 Å². The number of amides is 1. The van der Waals surface area contributed by atoms with Gasteiger partial charge >= 0.3 is 0 Å². The summed E-state index contributed by atoms with van der Waals surface area (Å²) in [4.78, 5) is 14.7. The van der Waals surface area contributed by atoms with Gasteiger partial charge in [-0.1, -0.05) is 18.2 Å². The highest BCUT2D eigenvalue weighted by Crippen LogP contribution is 2.25. The molecule has 0 aromatic heterocycles. The molecule has 3 aliphatic heterocycles. The quantitative estimate of drug-likeness (QED) is 0.748. The van der Waals surface area contributed by atoms with Gasteiger partial charge in [0, 0.05) is 19.3 Å². The summed E-state index contributed by atoms with van der Waals surface area (Å²) in [5.41, 5.74) is 6.35. The molecule has 1 aromatic carbocycles. The normalized spacial score (nSPS) is 28.5. The smallest absolute Gasteiger partial charge is 0.254 e. The van der Waals surface area contributed by atoms with Crippen LogP contribution in [-0.2, 0) is 4.79 Å². The first kappa shape index (κ1) is 13.8. The van der Waals surface area contributed by atoms with Crippen LogP contribution in [0.25, 0.3) is 0 Å². The van der Waals surface area contributed by atoms with E-state index < -0.39 is 0 Å². The van der Waals surface area contributed by atoms with E-state index in [2.05, 4.69) is 33.9 Å². The van der Waals surface area contributed by atoms with Gasteiger partial charge in [0.25, 0.3) is 5.91 Å². The van der Waals surface area contributed by atoms with Gasteiger partial charge in [0.05, 0.1) is 11.3 Å². The Kier molecular flexibility index (Phi) is 3.37. The van der Waals surface area contributed by atoms with Crippen LogP contribution in [0.3, 0.4) is 0 Å². The van der Waals surface area contributed by atoms with Crippen molar-refractivity contribution in [1.82, 2.24) is 21.0 Å². The van der Waals surface area contributed by atoms with Crippen molar-refractivity contribution in [3.8, 4) is 0 Å². The standard InChI is InChI=1S/C16H21N5O/c1-11-6-2-3-7-13(11)21-10-12-14(19-21)17-16(18-15(12)22)20-8-4-5-9-20/h2-3,6-7,10,14,16-17,19H,4-5,8-9H2,1H3,(H,18,22). The Morgan fingerprint density at radius 3 is 2.73 bits per heavy atom. The first-order valence-electron chi connectivity index (χ1n) is 7.86. The zero-order valence-corrected chi connectivity index (χ0v) is 12.7. The van der Waals surface area contributed by atoms with Gasteiger partial charge in [0.15, 0.2) is 0 Å². The van der Waals surface area contributed by atoms with E-state index in [1.807, 2.05) is 29.4 Å². The molecule has 3 heterocycles. The van der Waals surface area contributed by atoms with Crippen LogP contribution in [0.5, 0.6) is 0 Å². The van der Waals surface area contributed by atoms with Crippen molar-refractivity contribution in [3.05, 3.63) is 41.6 Å². The number of carbonyl (C=O) groups is 1. The Balaban J connectivity index is 1.54. The number of anilines is 1. The number of likely N-dealkylation sites (tertiary alicyclic amines) is 1. The highest BCUT2D eigenvalue weighted by molar-refractivity contribution is 5.96. The number of hydrazine groups is 1. The second-order valence-corrected chi connectivity index (χ2v) is 6.09. The van der Waals surface area contributed by atoms with Gasteiger partial charge in [-0.15, -0.1) is 0 Å². The molecule has 2 fully saturated rings. The molecular weight excluding hydrogens is 278 g/mol. The third-order valence-electron chi connectivity index (χ3n) is 4.58. The summed E-state index contributed by atoms with van der Waals surface area (Å²) >= 11 is 0. The van der Waals surface area contributed by atoms with Crippen LogP contribution < -0.4 is 21.1 Å². The maximum Gasteiger partial charge on any atom is 0.254 e. The molecule has 22 heavy (non-hydrogen) atoms. The second kappa shape index (κ2) is 5.39. The van der Waals surface area contributed by atoms with Crippen molar-refractivity contribution in [2.24, 2.45) is 0 Å². The molecular formula is C16H21N5O. The molecule has 0 aliphatic carbocycles. The largest absolute Gasteiger partial charge is 0.324 e. The van der Waals surface area contributed by atoms with Gasteiger partial charge in [-0.05, 0) is 31.4 Å². The average Bonchev–Trinajstić information content (AvgIpc) is 3.17. The van der Waals surface area contributed by atoms with E-state index >= 15 is 0 Å². The summed E-state index contributed by atoms with van der Waals surface area (Å²) < 4.78 is 0. The lowest BCUT2D eigenvalue weighted by atomic mass is 10.2. The molecule has 2 unspecified atom stereocenters. The lowest BCUT2D eigenvalue weighted by molar-refractivity contribution is -0.121. The first-order chi connectivity index (χ1) is 10.7. The van der Waals surface area contributed by atoms with E-state index in [1.165, 1.54) is 18.4 Å². The molecule has 3 N–H and O–H groups in total. The molecule has 116 valence electrons. The summed E-state index contributed by atoms with van der Waals surface area (Å²) in [6.07, 6.45) is 4.06. The zero-order chi connectivity index (χ0) is 15.1. The average molecular weight is 299 g/mol. The maximum absolute atomic E-state index is 12.4. The number of aryl methyl sites for hydroxylation is 1. The number of para-hydroxylation sites is 1. The molecule has 1 aromatic rings. The van der Waals surface area contributed by atoms with Gasteiger partial charge in [-0.25, -0.2) is 5.43 Å². The fourth-order valence-corrected chi connectivity index (χ4v) is 3.35. The molecule has 4 rings (SSSR count). The molecule has 2 atom stereocenters. The Morgan fingerprint density at radius 2 is 1.95 bits per heavy atom. The van der Waals surface area contributed by atoms with Gasteiger partial charge in [0.2, 0.25) is 0 Å². The van der Waals surface area contributed by atoms with E-state index in [0.29, 0.717) is 0 Å². The van der Waals surface area contributed by atoms with Crippen LogP contribution in [0.1, 0.15) is 18.4 Å². The second-order valence-electron chi connectivity index (χ2n) is 6.09. The van der Waals surface area contributed by atoms with Gasteiger partial charge in [-0.3, -0.25) is 20.0 Å². The third-order valence-corrected chi connectivity index (χ3v) is 4.58. The van der Waals surface area contributed by atoms with Crippen molar-refractivity contribution < 1.29 is 4.79 Å². The molecule has 6 nitrogen and oxygen atoms in total. The predicted octanol–water partition coefficient (Wildman–Crippen LogP) is 0.628. The minimum atomic E-state index is -0.140. The molecule has 6 heteroatoms. The van der Waals surface area contributed by atoms with Crippen LogP contribution in [0.2, 0.25) is 0 Å². The molecule has 0 radical (unpaired) electrons. The van der Waals surface area contributed by atoms with E-state index in [9.17, 15) is 4.79 Å². The van der Waals surface area contributed by atoms with Crippen LogP contribution in [0.15, 0.2) is 36.0 Å². The zero-order valence-electron chi connectivity index (χ0n) is 12.7. The van der Waals surface area contributed by atoms with Crippen LogP contribution in [0, 0.1) is 6.92 Å². The summed E-state index contributed by atoms with van der Waals surface area (Å²) in [7, 11) is 0. The van der Waals surface area contributed by atoms with Gasteiger partial charge in [-0.2, -0.15) is 0 Å². The van der Waals surface area contributed by atoms with Crippen molar-refractivity contribution in [2.75, 3.05) is 18.1 Å².